The third-order valence-corrected chi connectivity index (χ3v) is 4.62. The summed E-state index contributed by atoms with van der Waals surface area (Å²) in [5.41, 5.74) is 3.33. The highest BCUT2D eigenvalue weighted by molar-refractivity contribution is 5.49. The van der Waals surface area contributed by atoms with Crippen LogP contribution in [0.5, 0.6) is 0 Å². The molecule has 1 saturated carbocycles. The molecule has 0 amide bonds. The van der Waals surface area contributed by atoms with Crippen LogP contribution in [0.25, 0.3) is 0 Å². The second-order valence-electron chi connectivity index (χ2n) is 5.49. The van der Waals surface area contributed by atoms with E-state index in [0.29, 0.717) is 11.3 Å². The van der Waals surface area contributed by atoms with Gasteiger partial charge in [0.2, 0.25) is 0 Å². The Morgan fingerprint density at radius 3 is 2.11 bits per heavy atom. The van der Waals surface area contributed by atoms with Crippen molar-refractivity contribution in [2.45, 2.75) is 17.8 Å². The third kappa shape index (κ3) is 1.26. The fraction of sp³-hybridized carbons (Fsp3) is 0.222. The standard InChI is InChI=1S/C18H16/c1-3-7-14(8-4-1)17-12-11-16-13-18(16,17)15-9-5-2-6-10-15/h1-12,16-17H,13H2/t16-,17+,18-/m1/s1. The van der Waals surface area contributed by atoms with Crippen molar-refractivity contribution in [3.63, 3.8) is 0 Å². The Hall–Kier alpha value is -1.82. The lowest BCUT2D eigenvalue weighted by Gasteiger charge is -2.23. The topological polar surface area (TPSA) is 0 Å². The predicted molar refractivity (Wildman–Crippen MR) is 74.6 cm³/mol. The second-order valence-corrected chi connectivity index (χ2v) is 5.49. The van der Waals surface area contributed by atoms with E-state index in [-0.39, 0.29) is 0 Å². The van der Waals surface area contributed by atoms with Crippen LogP contribution in [0, 0.1) is 5.92 Å². The molecule has 1 fully saturated rings. The van der Waals surface area contributed by atoms with E-state index in [0.717, 1.165) is 5.92 Å². The molecule has 0 radical (unpaired) electrons. The van der Waals surface area contributed by atoms with E-state index in [1.165, 1.54) is 17.5 Å². The maximum atomic E-state index is 2.42. The molecule has 0 N–H and O–H groups in total. The van der Waals surface area contributed by atoms with E-state index < -0.39 is 0 Å². The van der Waals surface area contributed by atoms with E-state index in [4.69, 9.17) is 0 Å². The first-order valence-corrected chi connectivity index (χ1v) is 6.70. The number of allylic oxidation sites excluding steroid dienone is 2. The monoisotopic (exact) mass is 232 g/mol. The van der Waals surface area contributed by atoms with Gasteiger partial charge in [-0.25, -0.2) is 0 Å². The molecule has 88 valence electrons. The van der Waals surface area contributed by atoms with E-state index in [1.54, 1.807) is 0 Å². The van der Waals surface area contributed by atoms with Crippen molar-refractivity contribution >= 4 is 0 Å². The molecule has 0 saturated heterocycles. The zero-order valence-corrected chi connectivity index (χ0v) is 10.3. The Bertz CT molecular complexity index is 582. The zero-order valence-electron chi connectivity index (χ0n) is 10.3. The normalized spacial score (nSPS) is 32.2. The van der Waals surface area contributed by atoms with Crippen LogP contribution in [0.4, 0.5) is 0 Å². The van der Waals surface area contributed by atoms with E-state index in [2.05, 4.69) is 72.8 Å². The molecular formula is C18H16. The van der Waals surface area contributed by atoms with Gasteiger partial charge >= 0.3 is 0 Å². The lowest BCUT2D eigenvalue weighted by atomic mass is 9.80. The van der Waals surface area contributed by atoms with Gasteiger partial charge in [0, 0.05) is 11.3 Å². The second kappa shape index (κ2) is 3.58. The summed E-state index contributed by atoms with van der Waals surface area (Å²) in [4.78, 5) is 0. The smallest absolute Gasteiger partial charge is 0.0125 e. The molecule has 2 aliphatic carbocycles. The first-order valence-electron chi connectivity index (χ1n) is 6.70. The molecule has 0 heterocycles. The van der Waals surface area contributed by atoms with Crippen molar-refractivity contribution in [3.8, 4) is 0 Å². The number of fused-ring (bicyclic) bond motifs is 1. The third-order valence-electron chi connectivity index (χ3n) is 4.62. The number of rotatable bonds is 2. The van der Waals surface area contributed by atoms with Gasteiger partial charge in [-0.15, -0.1) is 0 Å². The fourth-order valence-corrected chi connectivity index (χ4v) is 3.65. The summed E-state index contributed by atoms with van der Waals surface area (Å²) >= 11 is 0. The molecule has 0 aromatic heterocycles. The lowest BCUT2D eigenvalue weighted by molar-refractivity contribution is 0.609. The Morgan fingerprint density at radius 1 is 0.778 bits per heavy atom. The molecule has 0 bridgehead atoms. The summed E-state index contributed by atoms with van der Waals surface area (Å²) in [5, 5.41) is 0. The van der Waals surface area contributed by atoms with Gasteiger partial charge in [-0.1, -0.05) is 72.8 Å². The van der Waals surface area contributed by atoms with Gasteiger partial charge in [-0.2, -0.15) is 0 Å². The Morgan fingerprint density at radius 2 is 1.44 bits per heavy atom. The number of benzene rings is 2. The fourth-order valence-electron chi connectivity index (χ4n) is 3.65. The quantitative estimate of drug-likeness (QED) is 0.677. The molecule has 0 unspecified atom stereocenters. The van der Waals surface area contributed by atoms with E-state index >= 15 is 0 Å². The highest BCUT2D eigenvalue weighted by Crippen LogP contribution is 2.66. The highest BCUT2D eigenvalue weighted by Gasteiger charge is 2.61. The summed E-state index contributed by atoms with van der Waals surface area (Å²) in [5.74, 6) is 1.32. The van der Waals surface area contributed by atoms with Crippen LogP contribution >= 0.6 is 0 Å². The van der Waals surface area contributed by atoms with E-state index in [9.17, 15) is 0 Å². The van der Waals surface area contributed by atoms with Crippen molar-refractivity contribution in [2.24, 2.45) is 5.92 Å². The van der Waals surface area contributed by atoms with Crippen LogP contribution in [0.15, 0.2) is 72.8 Å². The van der Waals surface area contributed by atoms with Gasteiger partial charge in [-0.05, 0) is 23.5 Å². The predicted octanol–water partition coefficient (Wildman–Crippen LogP) is 4.30. The molecule has 2 aromatic rings. The Balaban J connectivity index is 1.79. The molecule has 18 heavy (non-hydrogen) atoms. The van der Waals surface area contributed by atoms with Crippen molar-refractivity contribution < 1.29 is 0 Å². The minimum atomic E-state index is 0.364. The van der Waals surface area contributed by atoms with Crippen molar-refractivity contribution in [1.82, 2.24) is 0 Å². The van der Waals surface area contributed by atoms with Crippen LogP contribution in [0.2, 0.25) is 0 Å². The number of hydrogen-bond acceptors (Lipinski definition) is 0. The lowest BCUT2D eigenvalue weighted by Crippen LogP contribution is -2.16. The Kier molecular flexibility index (Phi) is 2.02. The zero-order chi connectivity index (χ0) is 12.0. The molecule has 4 rings (SSSR count). The average Bonchev–Trinajstić information content (AvgIpc) is 3.07. The van der Waals surface area contributed by atoms with Crippen LogP contribution in [0.1, 0.15) is 23.5 Å². The van der Waals surface area contributed by atoms with Crippen molar-refractivity contribution in [3.05, 3.63) is 83.9 Å². The summed E-state index contributed by atoms with van der Waals surface area (Å²) in [7, 11) is 0. The molecule has 0 nitrogen and oxygen atoms in total. The largest absolute Gasteiger partial charge is 0.0838 e. The molecule has 0 spiro atoms. The number of hydrogen-bond donors (Lipinski definition) is 0. The molecule has 2 aliphatic rings. The SMILES string of the molecule is C1=C[C@@H](c2ccccc2)[C@@]2(c3ccccc3)C[C@@H]12. The summed E-state index contributed by atoms with van der Waals surface area (Å²) < 4.78 is 0. The minimum Gasteiger partial charge on any atom is -0.0838 e. The van der Waals surface area contributed by atoms with Crippen LogP contribution in [0.3, 0.4) is 0 Å². The molecule has 3 atom stereocenters. The van der Waals surface area contributed by atoms with Crippen LogP contribution < -0.4 is 0 Å². The van der Waals surface area contributed by atoms with Crippen LogP contribution in [-0.4, -0.2) is 0 Å². The maximum Gasteiger partial charge on any atom is 0.0125 e. The first kappa shape index (κ1) is 10.1. The molecule has 0 heteroatoms. The molecule has 0 aliphatic heterocycles. The van der Waals surface area contributed by atoms with Gasteiger partial charge < -0.3 is 0 Å². The summed E-state index contributed by atoms with van der Waals surface area (Å²) in [6, 6.07) is 22.0. The molecular weight excluding hydrogens is 216 g/mol. The first-order chi connectivity index (χ1) is 8.91. The van der Waals surface area contributed by atoms with Gasteiger partial charge in [0.15, 0.2) is 0 Å². The van der Waals surface area contributed by atoms with Gasteiger partial charge in [-0.3, -0.25) is 0 Å². The molecule has 2 aromatic carbocycles. The van der Waals surface area contributed by atoms with Crippen LogP contribution in [-0.2, 0) is 5.41 Å². The Labute approximate surface area is 108 Å². The average molecular weight is 232 g/mol. The summed E-state index contributed by atoms with van der Waals surface area (Å²) in [6.07, 6.45) is 6.15. The van der Waals surface area contributed by atoms with Gasteiger partial charge in [0.25, 0.3) is 0 Å². The maximum absolute atomic E-state index is 2.42. The van der Waals surface area contributed by atoms with Crippen molar-refractivity contribution in [2.75, 3.05) is 0 Å². The van der Waals surface area contributed by atoms with E-state index in [1.807, 2.05) is 0 Å². The summed E-state index contributed by atoms with van der Waals surface area (Å²) in [6.45, 7) is 0. The van der Waals surface area contributed by atoms with Crippen molar-refractivity contribution in [1.29, 1.82) is 0 Å². The minimum absolute atomic E-state index is 0.364. The van der Waals surface area contributed by atoms with Gasteiger partial charge in [0.1, 0.15) is 0 Å². The van der Waals surface area contributed by atoms with Gasteiger partial charge in [0.05, 0.1) is 0 Å². The highest BCUT2D eigenvalue weighted by atomic mass is 14.6.